The predicted octanol–water partition coefficient (Wildman–Crippen LogP) is 2.27. The summed E-state index contributed by atoms with van der Waals surface area (Å²) < 4.78 is 5.13. The van der Waals surface area contributed by atoms with Gasteiger partial charge in [-0.2, -0.15) is 0 Å². The number of benzene rings is 1. The molecule has 1 aliphatic rings. The van der Waals surface area contributed by atoms with Gasteiger partial charge in [-0.15, -0.1) is 0 Å². The highest BCUT2D eigenvalue weighted by molar-refractivity contribution is 5.75. The van der Waals surface area contributed by atoms with E-state index in [0.29, 0.717) is 19.6 Å². The summed E-state index contributed by atoms with van der Waals surface area (Å²) >= 11 is 0. The zero-order chi connectivity index (χ0) is 16.8. The molecule has 0 spiro atoms. The number of carbonyl (C=O) groups is 2. The van der Waals surface area contributed by atoms with Crippen LogP contribution in [0.5, 0.6) is 0 Å². The number of carboxylic acid groups (broad SMARTS) is 1. The van der Waals surface area contributed by atoms with Crippen LogP contribution in [0, 0.1) is 5.92 Å². The summed E-state index contributed by atoms with van der Waals surface area (Å²) in [6.45, 7) is 4.69. The van der Waals surface area contributed by atoms with Crippen LogP contribution in [0.4, 0.5) is 4.79 Å². The van der Waals surface area contributed by atoms with Gasteiger partial charge in [0.15, 0.2) is 0 Å². The minimum Gasteiger partial charge on any atom is -0.466 e. The number of hydrogen-bond donors (Lipinski definition) is 2. The van der Waals surface area contributed by atoms with E-state index in [1.165, 1.54) is 4.90 Å². The Morgan fingerprint density at radius 3 is 2.70 bits per heavy atom. The minimum absolute atomic E-state index is 0.0782. The average Bonchev–Trinajstić information content (AvgIpc) is 2.56. The van der Waals surface area contributed by atoms with Crippen molar-refractivity contribution in [3.8, 4) is 0 Å². The molecule has 0 bridgehead atoms. The summed E-state index contributed by atoms with van der Waals surface area (Å²) in [7, 11) is 0. The first-order chi connectivity index (χ1) is 11.0. The Labute approximate surface area is 136 Å². The summed E-state index contributed by atoms with van der Waals surface area (Å²) in [5, 5.41) is 12.6. The number of carbonyl (C=O) groups excluding carboxylic acids is 1. The molecule has 1 aliphatic heterocycles. The normalized spacial score (nSPS) is 22.4. The Morgan fingerprint density at radius 2 is 2.09 bits per heavy atom. The number of esters is 1. The van der Waals surface area contributed by atoms with E-state index in [4.69, 9.17) is 9.84 Å². The molecule has 3 atom stereocenters. The number of hydrogen-bond acceptors (Lipinski definition) is 4. The maximum atomic E-state index is 12.2. The molecular weight excluding hydrogens is 296 g/mol. The zero-order valence-corrected chi connectivity index (χ0v) is 13.6. The van der Waals surface area contributed by atoms with Crippen LogP contribution in [0.25, 0.3) is 0 Å². The number of nitrogens with zero attached hydrogens (tertiary/aromatic N) is 1. The van der Waals surface area contributed by atoms with Gasteiger partial charge in [0.05, 0.1) is 12.5 Å². The number of likely N-dealkylation sites (tertiary alicyclic amines) is 1. The summed E-state index contributed by atoms with van der Waals surface area (Å²) in [5.41, 5.74) is 1.13. The van der Waals surface area contributed by atoms with Crippen LogP contribution < -0.4 is 5.32 Å². The van der Waals surface area contributed by atoms with E-state index in [-0.39, 0.29) is 24.6 Å². The van der Waals surface area contributed by atoms with E-state index in [2.05, 4.69) is 5.32 Å². The second-order valence-corrected chi connectivity index (χ2v) is 5.78. The average molecular weight is 320 g/mol. The van der Waals surface area contributed by atoms with Crippen LogP contribution in [-0.4, -0.2) is 47.8 Å². The molecular formula is C17H24N2O4. The van der Waals surface area contributed by atoms with Gasteiger partial charge in [0.2, 0.25) is 0 Å². The van der Waals surface area contributed by atoms with Gasteiger partial charge >= 0.3 is 12.1 Å². The van der Waals surface area contributed by atoms with E-state index in [0.717, 1.165) is 5.56 Å². The summed E-state index contributed by atoms with van der Waals surface area (Å²) in [5.74, 6) is -0.817. The van der Waals surface area contributed by atoms with E-state index in [9.17, 15) is 9.59 Å². The van der Waals surface area contributed by atoms with Crippen LogP contribution in [-0.2, 0) is 9.53 Å². The third-order valence-corrected chi connectivity index (χ3v) is 4.24. The molecule has 126 valence electrons. The minimum atomic E-state index is -0.992. The van der Waals surface area contributed by atoms with E-state index in [1.807, 2.05) is 37.3 Å². The lowest BCUT2D eigenvalue weighted by atomic mass is 9.91. The van der Waals surface area contributed by atoms with Crippen molar-refractivity contribution >= 4 is 12.1 Å². The Morgan fingerprint density at radius 1 is 1.39 bits per heavy atom. The number of ether oxygens (including phenoxy) is 1. The topological polar surface area (TPSA) is 78.9 Å². The lowest BCUT2D eigenvalue weighted by molar-refractivity contribution is -0.150. The summed E-state index contributed by atoms with van der Waals surface area (Å²) in [6.07, 6.45) is -0.402. The van der Waals surface area contributed by atoms with Crippen molar-refractivity contribution < 1.29 is 19.4 Å². The zero-order valence-electron chi connectivity index (χ0n) is 13.6. The fourth-order valence-corrected chi connectivity index (χ4v) is 2.97. The van der Waals surface area contributed by atoms with Crippen LogP contribution >= 0.6 is 0 Å². The highest BCUT2D eigenvalue weighted by Gasteiger charge is 2.37. The standard InChI is InChI=1S/C17H24N2O4/c1-3-23-16(20)14-11-19(17(21)22)10-9-15(14)18-12(2)13-7-5-4-6-8-13/h4-8,12,14-15,18H,3,9-11H2,1-2H3,(H,21,22)/t12-,14-,15+/m1/s1. The molecule has 1 saturated heterocycles. The van der Waals surface area contributed by atoms with Crippen LogP contribution in [0.1, 0.15) is 31.9 Å². The first kappa shape index (κ1) is 17.3. The second kappa shape index (κ2) is 7.97. The van der Waals surface area contributed by atoms with E-state index < -0.39 is 12.0 Å². The predicted molar refractivity (Wildman–Crippen MR) is 86.1 cm³/mol. The van der Waals surface area contributed by atoms with Crippen molar-refractivity contribution in [1.82, 2.24) is 10.2 Å². The molecule has 0 unspecified atom stereocenters. The maximum absolute atomic E-state index is 12.2. The molecule has 1 aromatic rings. The van der Waals surface area contributed by atoms with Gasteiger partial charge in [-0.3, -0.25) is 4.79 Å². The molecule has 0 radical (unpaired) electrons. The molecule has 0 aliphatic carbocycles. The molecule has 2 N–H and O–H groups in total. The molecule has 1 heterocycles. The van der Waals surface area contributed by atoms with Crippen molar-refractivity contribution in [3.63, 3.8) is 0 Å². The van der Waals surface area contributed by atoms with E-state index >= 15 is 0 Å². The van der Waals surface area contributed by atoms with Crippen molar-refractivity contribution in [2.45, 2.75) is 32.4 Å². The SMILES string of the molecule is CCOC(=O)[C@@H]1CN(C(=O)O)CC[C@@H]1N[C@H](C)c1ccccc1. The number of piperidine rings is 1. The number of nitrogens with one attached hydrogen (secondary N) is 1. The second-order valence-electron chi connectivity index (χ2n) is 5.78. The lowest BCUT2D eigenvalue weighted by Crippen LogP contribution is -2.54. The fourth-order valence-electron chi connectivity index (χ4n) is 2.97. The molecule has 1 amide bonds. The molecule has 6 nitrogen and oxygen atoms in total. The highest BCUT2D eigenvalue weighted by atomic mass is 16.5. The third-order valence-electron chi connectivity index (χ3n) is 4.24. The van der Waals surface area contributed by atoms with Crippen molar-refractivity contribution in [2.24, 2.45) is 5.92 Å². The van der Waals surface area contributed by atoms with Gasteiger partial charge in [-0.1, -0.05) is 30.3 Å². The molecule has 0 aromatic heterocycles. The van der Waals surface area contributed by atoms with Gasteiger partial charge in [0, 0.05) is 25.2 Å². The third kappa shape index (κ3) is 4.45. The largest absolute Gasteiger partial charge is 0.466 e. The van der Waals surface area contributed by atoms with Crippen molar-refractivity contribution in [3.05, 3.63) is 35.9 Å². The van der Waals surface area contributed by atoms with Gasteiger partial charge in [-0.05, 0) is 25.8 Å². The Kier molecular flexibility index (Phi) is 5.98. The monoisotopic (exact) mass is 320 g/mol. The van der Waals surface area contributed by atoms with Gasteiger partial charge in [0.1, 0.15) is 0 Å². The molecule has 0 saturated carbocycles. The first-order valence-corrected chi connectivity index (χ1v) is 7.98. The van der Waals surface area contributed by atoms with E-state index in [1.54, 1.807) is 6.92 Å². The Hall–Kier alpha value is -2.08. The van der Waals surface area contributed by atoms with Crippen molar-refractivity contribution in [2.75, 3.05) is 19.7 Å². The molecule has 23 heavy (non-hydrogen) atoms. The first-order valence-electron chi connectivity index (χ1n) is 7.98. The maximum Gasteiger partial charge on any atom is 0.407 e. The number of rotatable bonds is 5. The summed E-state index contributed by atoms with van der Waals surface area (Å²) in [6, 6.07) is 9.96. The lowest BCUT2D eigenvalue weighted by Gasteiger charge is -2.37. The number of amides is 1. The Bertz CT molecular complexity index is 535. The quantitative estimate of drug-likeness (QED) is 0.814. The van der Waals surface area contributed by atoms with Crippen LogP contribution in [0.2, 0.25) is 0 Å². The van der Waals surface area contributed by atoms with Crippen molar-refractivity contribution in [1.29, 1.82) is 0 Å². The molecule has 1 fully saturated rings. The smallest absolute Gasteiger partial charge is 0.407 e. The molecule has 2 rings (SSSR count). The summed E-state index contributed by atoms with van der Waals surface area (Å²) in [4.78, 5) is 24.7. The van der Waals surface area contributed by atoms with Gasteiger partial charge in [-0.25, -0.2) is 4.79 Å². The van der Waals surface area contributed by atoms with Gasteiger partial charge in [0.25, 0.3) is 0 Å². The fraction of sp³-hybridized carbons (Fsp3) is 0.529. The molecule has 1 aromatic carbocycles. The van der Waals surface area contributed by atoms with Crippen LogP contribution in [0.3, 0.4) is 0 Å². The highest BCUT2D eigenvalue weighted by Crippen LogP contribution is 2.23. The Balaban J connectivity index is 2.08. The molecule has 6 heteroatoms. The van der Waals surface area contributed by atoms with Crippen LogP contribution in [0.15, 0.2) is 30.3 Å². The van der Waals surface area contributed by atoms with Gasteiger partial charge < -0.3 is 20.1 Å².